The van der Waals surface area contributed by atoms with Crippen molar-refractivity contribution in [2.24, 2.45) is 5.10 Å². The van der Waals surface area contributed by atoms with E-state index in [0.717, 1.165) is 6.21 Å². The van der Waals surface area contributed by atoms with Crippen LogP contribution in [0.4, 0.5) is 17.8 Å². The van der Waals surface area contributed by atoms with E-state index in [4.69, 9.17) is 5.11 Å². The van der Waals surface area contributed by atoms with Crippen molar-refractivity contribution in [2.75, 3.05) is 50.0 Å². The molecule has 0 aliphatic rings. The number of hydrogen-bond donors (Lipinski definition) is 6. The Hall–Kier alpha value is -2.12. The van der Waals surface area contributed by atoms with Crippen molar-refractivity contribution >= 4 is 24.1 Å². The Kier molecular flexibility index (Phi) is 7.86. The molecule has 0 bridgehead atoms. The highest BCUT2D eigenvalue weighted by molar-refractivity contribution is 5.64. The minimum absolute atomic E-state index is 0.108. The standard InChI is InChI=1S/C13H25N7O5/c1-19(2)12-15-11(16-13(17-12)20(3)4)18-14-5-7(22)9(24)10(25)8(23)6-21/h5,7-10,21-25H,6H2,1-4H3,(H,15,16,17,18)/t7-,8+,9+,10+/m0/s1. The van der Waals surface area contributed by atoms with Crippen LogP contribution in [0.25, 0.3) is 0 Å². The second-order valence-electron chi connectivity index (χ2n) is 5.66. The highest BCUT2D eigenvalue weighted by atomic mass is 16.4. The van der Waals surface area contributed by atoms with Crippen molar-refractivity contribution in [3.8, 4) is 0 Å². The molecule has 0 aliphatic carbocycles. The summed E-state index contributed by atoms with van der Waals surface area (Å²) in [6, 6.07) is 0. The number of nitrogens with zero attached hydrogens (tertiary/aromatic N) is 6. The second kappa shape index (κ2) is 9.39. The predicted octanol–water partition coefficient (Wildman–Crippen LogP) is -3.16. The number of aliphatic hydroxyl groups excluding tert-OH is 5. The average molecular weight is 359 g/mol. The number of aliphatic hydroxyl groups is 5. The molecule has 4 atom stereocenters. The summed E-state index contributed by atoms with van der Waals surface area (Å²) in [6.07, 6.45) is -5.73. The Morgan fingerprint density at radius 2 is 1.48 bits per heavy atom. The van der Waals surface area contributed by atoms with E-state index >= 15 is 0 Å². The number of aromatic nitrogens is 3. The van der Waals surface area contributed by atoms with Gasteiger partial charge in [0.1, 0.15) is 24.4 Å². The van der Waals surface area contributed by atoms with Gasteiger partial charge in [0, 0.05) is 28.2 Å². The SMILES string of the molecule is CN(C)c1nc(NN=C[C@H](O)[C@@H](O)[C@H](O)[C@H](O)CO)nc(N(C)C)n1. The molecule has 0 aliphatic heterocycles. The first-order chi connectivity index (χ1) is 11.7. The molecule has 1 aromatic heterocycles. The van der Waals surface area contributed by atoms with Gasteiger partial charge in [-0.1, -0.05) is 0 Å². The van der Waals surface area contributed by atoms with Crippen LogP contribution in [0.3, 0.4) is 0 Å². The van der Waals surface area contributed by atoms with Gasteiger partial charge in [-0.3, -0.25) is 0 Å². The van der Waals surface area contributed by atoms with Crippen LogP contribution in [-0.2, 0) is 0 Å². The lowest BCUT2D eigenvalue weighted by atomic mass is 10.0. The quantitative estimate of drug-likeness (QED) is 0.194. The topological polar surface area (TPSA) is 171 Å². The fourth-order valence-corrected chi connectivity index (χ4v) is 1.60. The lowest BCUT2D eigenvalue weighted by molar-refractivity contribution is -0.0999. The summed E-state index contributed by atoms with van der Waals surface area (Å²) in [7, 11) is 7.04. The van der Waals surface area contributed by atoms with Gasteiger partial charge in [0.05, 0.1) is 12.8 Å². The maximum absolute atomic E-state index is 9.73. The fourth-order valence-electron chi connectivity index (χ4n) is 1.60. The van der Waals surface area contributed by atoms with E-state index in [1.807, 2.05) is 0 Å². The van der Waals surface area contributed by atoms with Crippen LogP contribution in [-0.4, -0.2) is 106 Å². The molecule has 0 amide bonds. The van der Waals surface area contributed by atoms with Crippen molar-refractivity contribution in [2.45, 2.75) is 24.4 Å². The van der Waals surface area contributed by atoms with Crippen molar-refractivity contribution in [3.63, 3.8) is 0 Å². The van der Waals surface area contributed by atoms with Crippen molar-refractivity contribution in [1.82, 2.24) is 15.0 Å². The van der Waals surface area contributed by atoms with Crippen LogP contribution in [0.5, 0.6) is 0 Å². The smallest absolute Gasteiger partial charge is 0.250 e. The number of nitrogens with one attached hydrogen (secondary N) is 1. The number of rotatable bonds is 9. The van der Waals surface area contributed by atoms with E-state index in [9.17, 15) is 20.4 Å². The molecule has 1 heterocycles. The summed E-state index contributed by atoms with van der Waals surface area (Å²) in [6.45, 7) is -0.758. The molecule has 25 heavy (non-hydrogen) atoms. The molecule has 0 saturated carbocycles. The van der Waals surface area contributed by atoms with E-state index in [2.05, 4.69) is 25.5 Å². The first-order valence-electron chi connectivity index (χ1n) is 7.40. The van der Waals surface area contributed by atoms with E-state index in [1.165, 1.54) is 0 Å². The number of hydrogen-bond acceptors (Lipinski definition) is 12. The van der Waals surface area contributed by atoms with Crippen LogP contribution in [0.2, 0.25) is 0 Å². The Labute approximate surface area is 145 Å². The molecule has 0 spiro atoms. The third kappa shape index (κ3) is 6.03. The maximum Gasteiger partial charge on any atom is 0.250 e. The van der Waals surface area contributed by atoms with E-state index < -0.39 is 31.0 Å². The number of hydrazone groups is 1. The molecule has 0 saturated heterocycles. The Morgan fingerprint density at radius 3 is 1.92 bits per heavy atom. The highest BCUT2D eigenvalue weighted by Gasteiger charge is 2.29. The zero-order valence-corrected chi connectivity index (χ0v) is 14.5. The molecule has 0 fully saturated rings. The van der Waals surface area contributed by atoms with Gasteiger partial charge in [0.25, 0.3) is 0 Å². The van der Waals surface area contributed by atoms with Gasteiger partial charge in [-0.05, 0) is 0 Å². The molecule has 1 aromatic rings. The Bertz CT molecular complexity index is 545. The number of anilines is 3. The minimum atomic E-state index is -1.74. The van der Waals surface area contributed by atoms with Crippen LogP contribution < -0.4 is 15.2 Å². The molecule has 142 valence electrons. The molecule has 1 rings (SSSR count). The first-order valence-corrected chi connectivity index (χ1v) is 7.40. The third-order valence-corrected chi connectivity index (χ3v) is 3.08. The molecule has 0 aromatic carbocycles. The summed E-state index contributed by atoms with van der Waals surface area (Å²) < 4.78 is 0. The molecule has 0 radical (unpaired) electrons. The molecular formula is C13H25N7O5. The monoisotopic (exact) mass is 359 g/mol. The Morgan fingerprint density at radius 1 is 0.960 bits per heavy atom. The van der Waals surface area contributed by atoms with Crippen LogP contribution in [0, 0.1) is 0 Å². The summed E-state index contributed by atoms with van der Waals surface area (Å²) in [5, 5.41) is 50.6. The van der Waals surface area contributed by atoms with Crippen molar-refractivity contribution < 1.29 is 25.5 Å². The zero-order valence-electron chi connectivity index (χ0n) is 14.5. The van der Waals surface area contributed by atoms with Gasteiger partial charge < -0.3 is 35.3 Å². The van der Waals surface area contributed by atoms with Crippen LogP contribution in [0.1, 0.15) is 0 Å². The molecule has 12 heteroatoms. The third-order valence-electron chi connectivity index (χ3n) is 3.08. The molecule has 12 nitrogen and oxygen atoms in total. The second-order valence-corrected chi connectivity index (χ2v) is 5.66. The summed E-state index contributed by atoms with van der Waals surface area (Å²) in [5.41, 5.74) is 2.49. The minimum Gasteiger partial charge on any atom is -0.394 e. The summed E-state index contributed by atoms with van der Waals surface area (Å²) >= 11 is 0. The molecule has 6 N–H and O–H groups in total. The van der Waals surface area contributed by atoms with Gasteiger partial charge in [-0.15, -0.1) is 0 Å². The fraction of sp³-hybridized carbons (Fsp3) is 0.692. The van der Waals surface area contributed by atoms with Gasteiger partial charge in [-0.2, -0.15) is 20.1 Å². The van der Waals surface area contributed by atoms with Gasteiger partial charge in [-0.25, -0.2) is 5.43 Å². The van der Waals surface area contributed by atoms with E-state index in [-0.39, 0.29) is 5.95 Å². The average Bonchev–Trinajstić information content (AvgIpc) is 2.59. The van der Waals surface area contributed by atoms with E-state index in [1.54, 1.807) is 38.0 Å². The maximum atomic E-state index is 9.73. The first kappa shape index (κ1) is 20.9. The Balaban J connectivity index is 2.81. The lowest BCUT2D eigenvalue weighted by Gasteiger charge is -2.23. The summed E-state index contributed by atoms with van der Waals surface area (Å²) in [5.74, 6) is 0.883. The van der Waals surface area contributed by atoms with Crippen LogP contribution in [0.15, 0.2) is 5.10 Å². The van der Waals surface area contributed by atoms with Crippen molar-refractivity contribution in [1.29, 1.82) is 0 Å². The van der Waals surface area contributed by atoms with E-state index in [0.29, 0.717) is 11.9 Å². The van der Waals surface area contributed by atoms with Crippen LogP contribution >= 0.6 is 0 Å². The molecule has 0 unspecified atom stereocenters. The predicted molar refractivity (Wildman–Crippen MR) is 91.7 cm³/mol. The van der Waals surface area contributed by atoms with Gasteiger partial charge >= 0.3 is 0 Å². The normalized spacial score (nSPS) is 16.4. The van der Waals surface area contributed by atoms with Gasteiger partial charge in [0.2, 0.25) is 17.8 Å². The van der Waals surface area contributed by atoms with Gasteiger partial charge in [0.15, 0.2) is 0 Å². The zero-order chi connectivity index (χ0) is 19.1. The highest BCUT2D eigenvalue weighted by Crippen LogP contribution is 2.13. The summed E-state index contributed by atoms with van der Waals surface area (Å²) in [4.78, 5) is 15.8. The van der Waals surface area contributed by atoms with Crippen molar-refractivity contribution in [3.05, 3.63) is 0 Å². The largest absolute Gasteiger partial charge is 0.394 e. The molecular weight excluding hydrogens is 334 g/mol. The lowest BCUT2D eigenvalue weighted by Crippen LogP contribution is -2.46.